The topological polar surface area (TPSA) is 109 Å². The van der Waals surface area contributed by atoms with Gasteiger partial charge in [0.2, 0.25) is 0 Å². The van der Waals surface area contributed by atoms with Gasteiger partial charge in [0.25, 0.3) is 5.56 Å². The maximum absolute atomic E-state index is 12.0. The Morgan fingerprint density at radius 2 is 1.67 bits per heavy atom. The number of esters is 1. The molecule has 1 aromatic carbocycles. The molecule has 0 spiro atoms. The Balaban J connectivity index is 2.43. The number of carbonyl (C=O) groups is 2. The normalized spacial score (nSPS) is 10.2. The number of ether oxygens (including phenoxy) is 1. The molecule has 0 aliphatic carbocycles. The van der Waals surface area contributed by atoms with Gasteiger partial charge in [0.15, 0.2) is 5.78 Å². The number of ketones is 1. The molecule has 2 N–H and O–H groups in total. The van der Waals surface area contributed by atoms with E-state index in [1.165, 1.54) is 0 Å². The molecule has 0 saturated carbocycles. The lowest BCUT2D eigenvalue weighted by Gasteiger charge is -2.06. The SMILES string of the molecule is CC(=O)c1c(C(=O)Oc2ccc(C)cc2)[nH]c(=O)[nH]c1=O. The number of aryl methyl sites for hydroxylation is 1. The number of Topliss-reactive ketones (excluding diaryl/α,β-unsaturated/α-hetero) is 1. The molecule has 0 unspecified atom stereocenters. The van der Waals surface area contributed by atoms with E-state index in [1.54, 1.807) is 24.3 Å². The number of nitrogens with one attached hydrogen (secondary N) is 2. The number of H-pyrrole nitrogens is 2. The van der Waals surface area contributed by atoms with E-state index in [4.69, 9.17) is 4.74 Å². The monoisotopic (exact) mass is 288 g/mol. The van der Waals surface area contributed by atoms with Crippen LogP contribution in [0.25, 0.3) is 0 Å². The summed E-state index contributed by atoms with van der Waals surface area (Å²) in [6, 6.07) is 6.59. The van der Waals surface area contributed by atoms with E-state index in [1.807, 2.05) is 11.9 Å². The molecule has 2 rings (SSSR count). The molecule has 108 valence electrons. The van der Waals surface area contributed by atoms with Crippen LogP contribution in [0.5, 0.6) is 5.75 Å². The molecular weight excluding hydrogens is 276 g/mol. The first kappa shape index (κ1) is 14.4. The van der Waals surface area contributed by atoms with Crippen molar-refractivity contribution in [2.24, 2.45) is 0 Å². The van der Waals surface area contributed by atoms with Crippen LogP contribution >= 0.6 is 0 Å². The molecule has 0 radical (unpaired) electrons. The second kappa shape index (κ2) is 5.58. The lowest BCUT2D eigenvalue weighted by atomic mass is 10.1. The van der Waals surface area contributed by atoms with E-state index < -0.39 is 34.3 Å². The predicted molar refractivity (Wildman–Crippen MR) is 73.8 cm³/mol. The van der Waals surface area contributed by atoms with E-state index in [2.05, 4.69) is 4.98 Å². The van der Waals surface area contributed by atoms with E-state index in [0.717, 1.165) is 12.5 Å². The fourth-order valence-corrected chi connectivity index (χ4v) is 1.74. The lowest BCUT2D eigenvalue weighted by Crippen LogP contribution is -2.32. The number of hydrogen-bond acceptors (Lipinski definition) is 5. The molecule has 0 aliphatic heterocycles. The smallest absolute Gasteiger partial charge is 0.361 e. The number of aromatic amines is 2. The van der Waals surface area contributed by atoms with E-state index in [0.29, 0.717) is 0 Å². The minimum absolute atomic E-state index is 0.237. The molecule has 1 heterocycles. The summed E-state index contributed by atoms with van der Waals surface area (Å²) in [5.74, 6) is -1.39. The van der Waals surface area contributed by atoms with Crippen molar-refractivity contribution >= 4 is 11.8 Å². The van der Waals surface area contributed by atoms with Gasteiger partial charge in [-0.15, -0.1) is 0 Å². The summed E-state index contributed by atoms with van der Waals surface area (Å²) in [5, 5.41) is 0. The van der Waals surface area contributed by atoms with Crippen LogP contribution in [0.2, 0.25) is 0 Å². The zero-order valence-corrected chi connectivity index (χ0v) is 11.4. The highest BCUT2D eigenvalue weighted by Gasteiger charge is 2.21. The fraction of sp³-hybridized carbons (Fsp3) is 0.143. The molecule has 0 saturated heterocycles. The molecule has 2 aromatic rings. The lowest BCUT2D eigenvalue weighted by molar-refractivity contribution is 0.0722. The van der Waals surface area contributed by atoms with Crippen LogP contribution in [0.1, 0.15) is 33.3 Å². The Morgan fingerprint density at radius 1 is 1.05 bits per heavy atom. The van der Waals surface area contributed by atoms with Crippen LogP contribution in [0.15, 0.2) is 33.9 Å². The van der Waals surface area contributed by atoms with Gasteiger partial charge >= 0.3 is 11.7 Å². The van der Waals surface area contributed by atoms with Crippen molar-refractivity contribution in [3.05, 3.63) is 61.9 Å². The zero-order chi connectivity index (χ0) is 15.6. The van der Waals surface area contributed by atoms with Crippen LogP contribution in [0, 0.1) is 6.92 Å². The second-order valence-electron chi connectivity index (χ2n) is 4.42. The van der Waals surface area contributed by atoms with Crippen LogP contribution < -0.4 is 16.0 Å². The maximum atomic E-state index is 12.0. The molecule has 7 heteroatoms. The Labute approximate surface area is 118 Å². The van der Waals surface area contributed by atoms with Gasteiger partial charge < -0.3 is 9.72 Å². The summed E-state index contributed by atoms with van der Waals surface area (Å²) >= 11 is 0. The third-order valence-electron chi connectivity index (χ3n) is 2.73. The predicted octanol–water partition coefficient (Wildman–Crippen LogP) is 0.793. The largest absolute Gasteiger partial charge is 0.422 e. The van der Waals surface area contributed by atoms with Gasteiger partial charge in [-0.25, -0.2) is 9.59 Å². The van der Waals surface area contributed by atoms with Crippen molar-refractivity contribution in [1.82, 2.24) is 9.97 Å². The number of hydrogen-bond donors (Lipinski definition) is 2. The number of rotatable bonds is 3. The highest BCUT2D eigenvalue weighted by atomic mass is 16.5. The first-order valence-electron chi connectivity index (χ1n) is 6.05. The van der Waals surface area contributed by atoms with Gasteiger partial charge in [-0.1, -0.05) is 17.7 Å². The van der Waals surface area contributed by atoms with Crippen molar-refractivity contribution < 1.29 is 14.3 Å². The summed E-state index contributed by atoms with van der Waals surface area (Å²) in [4.78, 5) is 50.4. The van der Waals surface area contributed by atoms with Crippen molar-refractivity contribution in [3.63, 3.8) is 0 Å². The van der Waals surface area contributed by atoms with Gasteiger partial charge in [-0.2, -0.15) is 0 Å². The molecule has 0 fully saturated rings. The third kappa shape index (κ3) is 3.14. The summed E-state index contributed by atoms with van der Waals surface area (Å²) in [5.41, 5.74) is -1.74. The molecule has 0 atom stereocenters. The van der Waals surface area contributed by atoms with Crippen molar-refractivity contribution in [3.8, 4) is 5.75 Å². The van der Waals surface area contributed by atoms with Crippen molar-refractivity contribution in [2.75, 3.05) is 0 Å². The number of carbonyl (C=O) groups excluding carboxylic acids is 2. The molecule has 0 amide bonds. The van der Waals surface area contributed by atoms with Gasteiger partial charge in [0, 0.05) is 0 Å². The molecule has 0 bridgehead atoms. The van der Waals surface area contributed by atoms with Gasteiger partial charge in [0.1, 0.15) is 17.0 Å². The van der Waals surface area contributed by atoms with Crippen molar-refractivity contribution in [2.45, 2.75) is 13.8 Å². The molecular formula is C14H12N2O5. The highest BCUT2D eigenvalue weighted by Crippen LogP contribution is 2.13. The van der Waals surface area contributed by atoms with Crippen molar-refractivity contribution in [1.29, 1.82) is 0 Å². The van der Waals surface area contributed by atoms with Gasteiger partial charge in [-0.3, -0.25) is 14.6 Å². The first-order valence-corrected chi connectivity index (χ1v) is 6.05. The second-order valence-corrected chi connectivity index (χ2v) is 4.42. The van der Waals surface area contributed by atoms with Crippen LogP contribution in [0.3, 0.4) is 0 Å². The van der Waals surface area contributed by atoms with Crippen LogP contribution in [0.4, 0.5) is 0 Å². The molecule has 21 heavy (non-hydrogen) atoms. The minimum atomic E-state index is -0.979. The average Bonchev–Trinajstić information content (AvgIpc) is 2.39. The Bertz CT molecular complexity index is 814. The fourth-order valence-electron chi connectivity index (χ4n) is 1.74. The first-order chi connectivity index (χ1) is 9.88. The Kier molecular flexibility index (Phi) is 3.84. The average molecular weight is 288 g/mol. The summed E-state index contributed by atoms with van der Waals surface area (Å²) in [6.07, 6.45) is 0. The highest BCUT2D eigenvalue weighted by molar-refractivity contribution is 6.04. The number of benzene rings is 1. The third-order valence-corrected chi connectivity index (χ3v) is 2.73. The quantitative estimate of drug-likeness (QED) is 0.493. The molecule has 7 nitrogen and oxygen atoms in total. The van der Waals surface area contributed by atoms with E-state index in [9.17, 15) is 19.2 Å². The Morgan fingerprint density at radius 3 is 2.24 bits per heavy atom. The molecule has 0 aliphatic rings. The standard InChI is InChI=1S/C14H12N2O5/c1-7-3-5-9(6-4-7)21-13(19)11-10(8(2)17)12(18)16-14(20)15-11/h3-6H,1-2H3,(H2,15,16,18,20). The maximum Gasteiger partial charge on any atom is 0.361 e. The van der Waals surface area contributed by atoms with Gasteiger partial charge in [-0.05, 0) is 26.0 Å². The summed E-state index contributed by atoms with van der Waals surface area (Å²) in [7, 11) is 0. The summed E-state index contributed by atoms with van der Waals surface area (Å²) in [6.45, 7) is 2.99. The molecule has 1 aromatic heterocycles. The van der Waals surface area contributed by atoms with Gasteiger partial charge in [0.05, 0.1) is 0 Å². The Hall–Kier alpha value is -2.96. The minimum Gasteiger partial charge on any atom is -0.422 e. The van der Waals surface area contributed by atoms with E-state index >= 15 is 0 Å². The van der Waals surface area contributed by atoms with Crippen LogP contribution in [-0.4, -0.2) is 21.7 Å². The number of aromatic nitrogens is 2. The van der Waals surface area contributed by atoms with E-state index in [-0.39, 0.29) is 5.75 Å². The summed E-state index contributed by atoms with van der Waals surface area (Å²) < 4.78 is 5.04. The van der Waals surface area contributed by atoms with Crippen LogP contribution in [-0.2, 0) is 0 Å². The zero-order valence-electron chi connectivity index (χ0n) is 11.4.